The SMILES string of the molecule is Cc1nn(-c2ccccc2)c(Cl)c1/C=N/NC(=O)c1cc(C2CC2)nc2ccccc12. The van der Waals surface area contributed by atoms with Crippen LogP contribution in [-0.2, 0) is 0 Å². The first kappa shape index (κ1) is 19.5. The number of aryl methyl sites for hydroxylation is 1. The van der Waals surface area contributed by atoms with Gasteiger partial charge in [0, 0.05) is 17.0 Å². The van der Waals surface area contributed by atoms with Gasteiger partial charge < -0.3 is 0 Å². The van der Waals surface area contributed by atoms with Gasteiger partial charge in [-0.05, 0) is 44.0 Å². The zero-order valence-corrected chi connectivity index (χ0v) is 17.7. The third kappa shape index (κ3) is 3.82. The molecule has 0 aliphatic heterocycles. The number of fused-ring (bicyclic) bond motifs is 1. The van der Waals surface area contributed by atoms with E-state index in [9.17, 15) is 4.79 Å². The van der Waals surface area contributed by atoms with Crippen molar-refractivity contribution in [1.82, 2.24) is 20.2 Å². The molecule has 1 N–H and O–H groups in total. The first-order valence-electron chi connectivity index (χ1n) is 10.2. The van der Waals surface area contributed by atoms with Crippen LogP contribution in [0.25, 0.3) is 16.6 Å². The Bertz CT molecular complexity index is 1310. The van der Waals surface area contributed by atoms with Crippen molar-refractivity contribution < 1.29 is 4.79 Å². The highest BCUT2D eigenvalue weighted by Crippen LogP contribution is 2.40. The maximum atomic E-state index is 12.9. The molecule has 31 heavy (non-hydrogen) atoms. The monoisotopic (exact) mass is 429 g/mol. The van der Waals surface area contributed by atoms with Crippen LogP contribution in [0.3, 0.4) is 0 Å². The fourth-order valence-corrected chi connectivity index (χ4v) is 3.91. The molecule has 1 aliphatic carbocycles. The van der Waals surface area contributed by atoms with E-state index in [4.69, 9.17) is 16.6 Å². The Morgan fingerprint density at radius 3 is 2.68 bits per heavy atom. The molecule has 1 aliphatic rings. The Kier molecular flexibility index (Phi) is 5.00. The van der Waals surface area contributed by atoms with Gasteiger partial charge in [-0.15, -0.1) is 0 Å². The van der Waals surface area contributed by atoms with E-state index < -0.39 is 0 Å². The van der Waals surface area contributed by atoms with Crippen molar-refractivity contribution in [3.8, 4) is 5.69 Å². The summed E-state index contributed by atoms with van der Waals surface area (Å²) in [6.45, 7) is 1.85. The van der Waals surface area contributed by atoms with Gasteiger partial charge >= 0.3 is 0 Å². The van der Waals surface area contributed by atoms with E-state index >= 15 is 0 Å². The first-order chi connectivity index (χ1) is 15.1. The zero-order valence-electron chi connectivity index (χ0n) is 16.9. The van der Waals surface area contributed by atoms with Gasteiger partial charge in [0.15, 0.2) is 0 Å². The highest BCUT2D eigenvalue weighted by Gasteiger charge is 2.27. The van der Waals surface area contributed by atoms with Crippen LogP contribution in [0.4, 0.5) is 0 Å². The summed E-state index contributed by atoms with van der Waals surface area (Å²) < 4.78 is 1.65. The van der Waals surface area contributed by atoms with Crippen LogP contribution in [0, 0.1) is 6.92 Å². The second kappa shape index (κ2) is 7.96. The Morgan fingerprint density at radius 1 is 1.16 bits per heavy atom. The quantitative estimate of drug-likeness (QED) is 0.357. The van der Waals surface area contributed by atoms with Gasteiger partial charge in [0.25, 0.3) is 5.91 Å². The largest absolute Gasteiger partial charge is 0.272 e. The molecular formula is C24H20ClN5O. The molecule has 5 rings (SSSR count). The molecule has 2 heterocycles. The summed E-state index contributed by atoms with van der Waals surface area (Å²) >= 11 is 6.53. The third-order valence-corrected chi connectivity index (χ3v) is 5.75. The number of pyridine rings is 1. The van der Waals surface area contributed by atoms with Crippen LogP contribution >= 0.6 is 11.6 Å². The topological polar surface area (TPSA) is 72.2 Å². The molecule has 0 atom stereocenters. The smallest absolute Gasteiger partial charge is 0.267 e. The van der Waals surface area contributed by atoms with Crippen LogP contribution in [0.1, 0.15) is 46.1 Å². The second-order valence-corrected chi connectivity index (χ2v) is 7.98. The highest BCUT2D eigenvalue weighted by atomic mass is 35.5. The van der Waals surface area contributed by atoms with Gasteiger partial charge in [0.1, 0.15) is 5.15 Å². The molecule has 2 aromatic heterocycles. The zero-order chi connectivity index (χ0) is 21.4. The normalized spacial score (nSPS) is 13.7. The molecule has 0 radical (unpaired) electrons. The molecule has 1 amide bonds. The summed E-state index contributed by atoms with van der Waals surface area (Å²) in [7, 11) is 0. The molecular weight excluding hydrogens is 410 g/mol. The number of hydrazone groups is 1. The molecule has 0 saturated heterocycles. The number of aromatic nitrogens is 3. The van der Waals surface area contributed by atoms with Gasteiger partial charge in [-0.3, -0.25) is 9.78 Å². The highest BCUT2D eigenvalue weighted by molar-refractivity contribution is 6.32. The number of hydrogen-bond donors (Lipinski definition) is 1. The second-order valence-electron chi connectivity index (χ2n) is 7.62. The average Bonchev–Trinajstić information content (AvgIpc) is 3.61. The molecule has 1 fully saturated rings. The summed E-state index contributed by atoms with van der Waals surface area (Å²) in [5, 5.41) is 9.90. The van der Waals surface area contributed by atoms with Crippen molar-refractivity contribution in [2.75, 3.05) is 0 Å². The van der Waals surface area contributed by atoms with Crippen molar-refractivity contribution in [1.29, 1.82) is 0 Å². The van der Waals surface area contributed by atoms with Gasteiger partial charge in [-0.1, -0.05) is 48.0 Å². The van der Waals surface area contributed by atoms with Crippen LogP contribution in [0.15, 0.2) is 65.8 Å². The fraction of sp³-hybridized carbons (Fsp3) is 0.167. The molecule has 6 nitrogen and oxygen atoms in total. The molecule has 0 spiro atoms. The fourth-order valence-electron chi connectivity index (χ4n) is 3.59. The summed E-state index contributed by atoms with van der Waals surface area (Å²) in [6, 6.07) is 19.2. The molecule has 4 aromatic rings. The van der Waals surface area contributed by atoms with Crippen LogP contribution < -0.4 is 5.43 Å². The molecule has 2 aromatic carbocycles. The lowest BCUT2D eigenvalue weighted by atomic mass is 10.1. The molecule has 1 saturated carbocycles. The molecule has 7 heteroatoms. The number of nitrogens with zero attached hydrogens (tertiary/aromatic N) is 4. The van der Waals surface area contributed by atoms with Gasteiger partial charge in [-0.25, -0.2) is 10.1 Å². The van der Waals surface area contributed by atoms with E-state index in [0.717, 1.165) is 40.8 Å². The van der Waals surface area contributed by atoms with Gasteiger partial charge in [0.2, 0.25) is 0 Å². The third-order valence-electron chi connectivity index (χ3n) is 5.38. The van der Waals surface area contributed by atoms with Crippen molar-refractivity contribution in [3.63, 3.8) is 0 Å². The number of rotatable bonds is 5. The lowest BCUT2D eigenvalue weighted by Gasteiger charge is -2.08. The number of carbonyl (C=O) groups excluding carboxylic acids is 1. The number of nitrogens with one attached hydrogen (secondary N) is 1. The van der Waals surface area contributed by atoms with E-state index in [1.165, 1.54) is 6.21 Å². The summed E-state index contributed by atoms with van der Waals surface area (Å²) in [6.07, 6.45) is 3.77. The van der Waals surface area contributed by atoms with Crippen molar-refractivity contribution in [2.24, 2.45) is 5.10 Å². The molecule has 0 unspecified atom stereocenters. The minimum Gasteiger partial charge on any atom is -0.267 e. The lowest BCUT2D eigenvalue weighted by Crippen LogP contribution is -2.18. The van der Waals surface area contributed by atoms with Crippen LogP contribution in [0.2, 0.25) is 5.15 Å². The predicted molar refractivity (Wildman–Crippen MR) is 122 cm³/mol. The Labute approximate surface area is 184 Å². The molecule has 0 bridgehead atoms. The van der Waals surface area contributed by atoms with E-state index in [-0.39, 0.29) is 5.91 Å². The van der Waals surface area contributed by atoms with Gasteiger partial charge in [-0.2, -0.15) is 10.2 Å². The van der Waals surface area contributed by atoms with Crippen LogP contribution in [0.5, 0.6) is 0 Å². The standard InChI is InChI=1S/C24H20ClN5O/c1-15-20(23(25)30(29-15)17-7-3-2-4-8-17)14-26-28-24(31)19-13-22(16-11-12-16)27-21-10-6-5-9-18(19)21/h2-10,13-14,16H,11-12H2,1H3,(H,28,31)/b26-14+. The Hall–Kier alpha value is -3.51. The Balaban J connectivity index is 1.41. The first-order valence-corrected chi connectivity index (χ1v) is 10.5. The van der Waals surface area contributed by atoms with Crippen LogP contribution in [-0.4, -0.2) is 26.9 Å². The minimum absolute atomic E-state index is 0.277. The average molecular weight is 430 g/mol. The number of amides is 1. The molecule has 154 valence electrons. The number of carbonyl (C=O) groups is 1. The van der Waals surface area contributed by atoms with E-state index in [1.807, 2.05) is 67.6 Å². The summed E-state index contributed by atoms with van der Waals surface area (Å²) in [4.78, 5) is 17.7. The van der Waals surface area contributed by atoms with E-state index in [2.05, 4.69) is 15.6 Å². The number of para-hydroxylation sites is 2. The minimum atomic E-state index is -0.277. The number of halogens is 1. The maximum absolute atomic E-state index is 12.9. The van der Waals surface area contributed by atoms with Crippen molar-refractivity contribution >= 4 is 34.6 Å². The van der Waals surface area contributed by atoms with E-state index in [0.29, 0.717) is 22.2 Å². The predicted octanol–water partition coefficient (Wildman–Crippen LogP) is 5.02. The number of benzene rings is 2. The van der Waals surface area contributed by atoms with E-state index in [1.54, 1.807) is 4.68 Å². The summed E-state index contributed by atoms with van der Waals surface area (Å²) in [5.74, 6) is 0.172. The van der Waals surface area contributed by atoms with Gasteiger partial charge in [0.05, 0.1) is 34.2 Å². The Morgan fingerprint density at radius 2 is 1.90 bits per heavy atom. The van der Waals surface area contributed by atoms with Crippen molar-refractivity contribution in [3.05, 3.63) is 88.3 Å². The number of hydrogen-bond acceptors (Lipinski definition) is 4. The lowest BCUT2D eigenvalue weighted by molar-refractivity contribution is 0.0956. The summed E-state index contributed by atoms with van der Waals surface area (Å²) in [5.41, 5.74) is 7.24. The maximum Gasteiger partial charge on any atom is 0.272 e. The van der Waals surface area contributed by atoms with Crippen molar-refractivity contribution in [2.45, 2.75) is 25.7 Å².